The molecular weight excluding hydrogens is 290 g/mol. The molecule has 0 aliphatic rings. The minimum absolute atomic E-state index is 0.177. The first kappa shape index (κ1) is 13.4. The second-order valence-electron chi connectivity index (χ2n) is 3.57. The van der Waals surface area contributed by atoms with Crippen molar-refractivity contribution in [1.82, 2.24) is 0 Å². The number of benzene rings is 1. The zero-order chi connectivity index (χ0) is 13.2. The second kappa shape index (κ2) is 5.31. The van der Waals surface area contributed by atoms with Gasteiger partial charge in [-0.1, -0.05) is 12.1 Å². The van der Waals surface area contributed by atoms with E-state index in [1.54, 1.807) is 18.2 Å². The van der Waals surface area contributed by atoms with Gasteiger partial charge in [-0.2, -0.15) is 0 Å². The van der Waals surface area contributed by atoms with Gasteiger partial charge in [0.1, 0.15) is 9.96 Å². The summed E-state index contributed by atoms with van der Waals surface area (Å²) in [6.07, 6.45) is 0. The molecule has 0 fully saturated rings. The van der Waals surface area contributed by atoms with E-state index in [0.29, 0.717) is 5.75 Å². The van der Waals surface area contributed by atoms with Crippen LogP contribution in [0, 0.1) is 0 Å². The number of sulfonamides is 1. The molecule has 3 N–H and O–H groups in total. The Hall–Kier alpha value is -1.02. The highest BCUT2D eigenvalue weighted by Crippen LogP contribution is 2.31. The number of hydrogen-bond acceptors (Lipinski definition) is 5. The second-order valence-corrected chi connectivity index (χ2v) is 7.72. The van der Waals surface area contributed by atoms with Crippen molar-refractivity contribution in [3.8, 4) is 5.75 Å². The van der Waals surface area contributed by atoms with Gasteiger partial charge in [-0.15, -0.1) is 23.1 Å². The van der Waals surface area contributed by atoms with E-state index in [4.69, 9.17) is 10.2 Å². The fraction of sp³-hybridized carbons (Fsp3) is 0.0909. The minimum atomic E-state index is -3.60. The standard InChI is InChI=1S/C11H11NO3S3/c12-18(14,15)11-6-5-10(17-11)16-7-8-1-3-9(13)4-2-8/h1-6,13H,7H2,(H2,12,14,15). The van der Waals surface area contributed by atoms with Gasteiger partial charge in [0.05, 0.1) is 4.21 Å². The molecule has 0 radical (unpaired) electrons. The molecule has 0 atom stereocenters. The molecule has 0 saturated heterocycles. The van der Waals surface area contributed by atoms with E-state index in [1.807, 2.05) is 12.1 Å². The van der Waals surface area contributed by atoms with Crippen molar-refractivity contribution in [3.05, 3.63) is 42.0 Å². The van der Waals surface area contributed by atoms with Crippen molar-refractivity contribution in [1.29, 1.82) is 0 Å². The summed E-state index contributed by atoms with van der Waals surface area (Å²) >= 11 is 2.70. The Labute approximate surface area is 114 Å². The van der Waals surface area contributed by atoms with Crippen molar-refractivity contribution in [2.75, 3.05) is 0 Å². The lowest BCUT2D eigenvalue weighted by Gasteiger charge is -1.99. The van der Waals surface area contributed by atoms with Crippen molar-refractivity contribution >= 4 is 33.1 Å². The van der Waals surface area contributed by atoms with Crippen LogP contribution in [0.4, 0.5) is 0 Å². The van der Waals surface area contributed by atoms with E-state index in [2.05, 4.69) is 0 Å². The first-order chi connectivity index (χ1) is 8.45. The molecule has 1 aromatic carbocycles. The molecular formula is C11H11NO3S3. The number of phenols is 1. The molecule has 0 unspecified atom stereocenters. The lowest BCUT2D eigenvalue weighted by molar-refractivity contribution is 0.475. The topological polar surface area (TPSA) is 80.4 Å². The summed E-state index contributed by atoms with van der Waals surface area (Å²) in [5.41, 5.74) is 1.06. The number of aromatic hydroxyl groups is 1. The normalized spacial score (nSPS) is 11.6. The maximum Gasteiger partial charge on any atom is 0.247 e. The zero-order valence-electron chi connectivity index (χ0n) is 9.24. The first-order valence-electron chi connectivity index (χ1n) is 4.98. The Bertz CT molecular complexity index is 632. The quantitative estimate of drug-likeness (QED) is 0.850. The molecule has 0 amide bonds. The molecule has 18 heavy (non-hydrogen) atoms. The molecule has 0 aliphatic heterocycles. The van der Waals surface area contributed by atoms with Gasteiger partial charge in [0.25, 0.3) is 0 Å². The van der Waals surface area contributed by atoms with Crippen molar-refractivity contribution in [3.63, 3.8) is 0 Å². The monoisotopic (exact) mass is 301 g/mol. The maximum atomic E-state index is 11.1. The van der Waals surface area contributed by atoms with Crippen LogP contribution >= 0.6 is 23.1 Å². The Morgan fingerprint density at radius 1 is 1.17 bits per heavy atom. The van der Waals surface area contributed by atoms with Crippen LogP contribution in [0.5, 0.6) is 5.75 Å². The zero-order valence-corrected chi connectivity index (χ0v) is 11.7. The molecule has 1 heterocycles. The molecule has 7 heteroatoms. The average Bonchev–Trinajstić information content (AvgIpc) is 2.77. The van der Waals surface area contributed by atoms with E-state index in [1.165, 1.54) is 17.8 Å². The highest BCUT2D eigenvalue weighted by atomic mass is 32.3. The highest BCUT2D eigenvalue weighted by Gasteiger charge is 2.11. The molecule has 4 nitrogen and oxygen atoms in total. The summed E-state index contributed by atoms with van der Waals surface area (Å²) < 4.78 is 23.3. The Morgan fingerprint density at radius 3 is 2.39 bits per heavy atom. The lowest BCUT2D eigenvalue weighted by Crippen LogP contribution is -2.09. The number of primary sulfonamides is 1. The van der Waals surface area contributed by atoms with Crippen LogP contribution in [0.3, 0.4) is 0 Å². The number of phenolic OH excluding ortho intramolecular Hbond substituents is 1. The number of rotatable bonds is 4. The van der Waals surface area contributed by atoms with Gasteiger partial charge in [0.15, 0.2) is 0 Å². The lowest BCUT2D eigenvalue weighted by atomic mass is 10.2. The van der Waals surface area contributed by atoms with Gasteiger partial charge in [-0.05, 0) is 29.8 Å². The SMILES string of the molecule is NS(=O)(=O)c1ccc(SCc2ccc(O)cc2)s1. The van der Waals surface area contributed by atoms with Gasteiger partial charge in [0, 0.05) is 5.75 Å². The smallest absolute Gasteiger partial charge is 0.247 e. The van der Waals surface area contributed by atoms with Crippen LogP contribution in [-0.4, -0.2) is 13.5 Å². The van der Waals surface area contributed by atoms with E-state index < -0.39 is 10.0 Å². The predicted molar refractivity (Wildman–Crippen MR) is 73.4 cm³/mol. The van der Waals surface area contributed by atoms with Gasteiger partial charge in [-0.25, -0.2) is 13.6 Å². The third-order valence-corrected chi connectivity index (χ3v) is 5.97. The third kappa shape index (κ3) is 3.49. The van der Waals surface area contributed by atoms with E-state index in [-0.39, 0.29) is 9.96 Å². The highest BCUT2D eigenvalue weighted by molar-refractivity contribution is 8.00. The van der Waals surface area contributed by atoms with Crippen LogP contribution in [0.25, 0.3) is 0 Å². The Kier molecular flexibility index (Phi) is 3.96. The number of thioether (sulfide) groups is 1. The molecule has 0 bridgehead atoms. The molecule has 2 aromatic rings. The predicted octanol–water partition coefficient (Wildman–Crippen LogP) is 2.39. The molecule has 1 aromatic heterocycles. The summed E-state index contributed by atoms with van der Waals surface area (Å²) in [6, 6.07) is 10.2. The fourth-order valence-corrected chi connectivity index (χ4v) is 4.25. The van der Waals surface area contributed by atoms with Gasteiger partial charge in [0.2, 0.25) is 10.0 Å². The van der Waals surface area contributed by atoms with Crippen LogP contribution in [-0.2, 0) is 15.8 Å². The average molecular weight is 301 g/mol. The van der Waals surface area contributed by atoms with Crippen molar-refractivity contribution in [2.45, 2.75) is 14.2 Å². The van der Waals surface area contributed by atoms with E-state index in [9.17, 15) is 8.42 Å². The van der Waals surface area contributed by atoms with Gasteiger partial charge < -0.3 is 5.11 Å². The molecule has 0 saturated carbocycles. The molecule has 0 aliphatic carbocycles. The molecule has 0 spiro atoms. The largest absolute Gasteiger partial charge is 0.508 e. The van der Waals surface area contributed by atoms with Crippen LogP contribution in [0.1, 0.15) is 5.56 Å². The van der Waals surface area contributed by atoms with Crippen molar-refractivity contribution in [2.24, 2.45) is 5.14 Å². The Balaban J connectivity index is 2.03. The van der Waals surface area contributed by atoms with Crippen LogP contribution in [0.15, 0.2) is 44.8 Å². The number of nitrogens with two attached hydrogens (primary N) is 1. The Morgan fingerprint density at radius 2 is 1.83 bits per heavy atom. The van der Waals surface area contributed by atoms with Gasteiger partial charge >= 0.3 is 0 Å². The molecule has 2 rings (SSSR count). The van der Waals surface area contributed by atoms with Crippen LogP contribution < -0.4 is 5.14 Å². The maximum absolute atomic E-state index is 11.1. The number of hydrogen-bond donors (Lipinski definition) is 2. The summed E-state index contributed by atoms with van der Waals surface area (Å²) in [5.74, 6) is 0.946. The van der Waals surface area contributed by atoms with Crippen LogP contribution in [0.2, 0.25) is 0 Å². The summed E-state index contributed by atoms with van der Waals surface area (Å²) in [5, 5.41) is 14.2. The third-order valence-electron chi connectivity index (χ3n) is 2.15. The van der Waals surface area contributed by atoms with Crippen molar-refractivity contribution < 1.29 is 13.5 Å². The summed E-state index contributed by atoms with van der Waals surface area (Å²) in [7, 11) is -3.60. The van der Waals surface area contributed by atoms with E-state index in [0.717, 1.165) is 21.1 Å². The molecule has 96 valence electrons. The number of thiophene rings is 1. The van der Waals surface area contributed by atoms with E-state index >= 15 is 0 Å². The summed E-state index contributed by atoms with van der Waals surface area (Å²) in [6.45, 7) is 0. The fourth-order valence-electron chi connectivity index (χ4n) is 1.28. The summed E-state index contributed by atoms with van der Waals surface area (Å²) in [4.78, 5) is 0. The minimum Gasteiger partial charge on any atom is -0.508 e. The first-order valence-corrected chi connectivity index (χ1v) is 8.33. The van der Waals surface area contributed by atoms with Gasteiger partial charge in [-0.3, -0.25) is 0 Å².